The van der Waals surface area contributed by atoms with Crippen LogP contribution < -0.4 is 20.1 Å². The van der Waals surface area contributed by atoms with Gasteiger partial charge in [-0.2, -0.15) is 0 Å². The average Bonchev–Trinajstić information content (AvgIpc) is 2.63. The topological polar surface area (TPSA) is 76.7 Å². The fourth-order valence-electron chi connectivity index (χ4n) is 2.52. The maximum atomic E-state index is 12.7. The van der Waals surface area contributed by atoms with Crippen LogP contribution in [0.15, 0.2) is 42.5 Å². The summed E-state index contributed by atoms with van der Waals surface area (Å²) in [4.78, 5) is 25.0. The Morgan fingerprint density at radius 2 is 1.59 bits per heavy atom. The van der Waals surface area contributed by atoms with Gasteiger partial charge in [0.2, 0.25) is 0 Å². The van der Waals surface area contributed by atoms with E-state index in [0.29, 0.717) is 41.5 Å². The summed E-state index contributed by atoms with van der Waals surface area (Å²) in [7, 11) is 0. The highest BCUT2D eigenvalue weighted by Gasteiger charge is 2.16. The van der Waals surface area contributed by atoms with Gasteiger partial charge in [-0.3, -0.25) is 9.59 Å². The van der Waals surface area contributed by atoms with Crippen LogP contribution in [0.2, 0.25) is 0 Å². The van der Waals surface area contributed by atoms with Crippen LogP contribution >= 0.6 is 0 Å². The van der Waals surface area contributed by atoms with E-state index in [2.05, 4.69) is 10.6 Å². The summed E-state index contributed by atoms with van der Waals surface area (Å²) in [5.41, 5.74) is 1.28. The number of anilines is 1. The molecule has 2 aromatic carbocycles. The summed E-state index contributed by atoms with van der Waals surface area (Å²) in [6.45, 7) is 8.48. The van der Waals surface area contributed by atoms with Crippen molar-refractivity contribution < 1.29 is 19.1 Å². The molecule has 0 fully saturated rings. The molecule has 2 rings (SSSR count). The smallest absolute Gasteiger partial charge is 0.255 e. The zero-order valence-electron chi connectivity index (χ0n) is 16.2. The molecule has 0 aliphatic heterocycles. The SMILES string of the molecule is CCOc1ccc(C(=O)Nc2ccccc2C(=O)NC(C)C)cc1OCC. The highest BCUT2D eigenvalue weighted by atomic mass is 16.5. The van der Waals surface area contributed by atoms with E-state index in [-0.39, 0.29) is 17.9 Å². The van der Waals surface area contributed by atoms with E-state index in [1.54, 1.807) is 42.5 Å². The number of hydrogen-bond donors (Lipinski definition) is 2. The molecule has 0 unspecified atom stereocenters. The fraction of sp³-hybridized carbons (Fsp3) is 0.333. The second-order valence-corrected chi connectivity index (χ2v) is 6.16. The third-order valence-electron chi connectivity index (χ3n) is 3.65. The van der Waals surface area contributed by atoms with E-state index < -0.39 is 0 Å². The first-order valence-electron chi connectivity index (χ1n) is 9.07. The van der Waals surface area contributed by atoms with Crippen LogP contribution in [-0.4, -0.2) is 31.1 Å². The molecular weight excluding hydrogens is 344 g/mol. The van der Waals surface area contributed by atoms with E-state index in [1.165, 1.54) is 0 Å². The number of ether oxygens (including phenoxy) is 2. The second-order valence-electron chi connectivity index (χ2n) is 6.16. The minimum atomic E-state index is -0.330. The summed E-state index contributed by atoms with van der Waals surface area (Å²) in [6.07, 6.45) is 0. The minimum Gasteiger partial charge on any atom is -0.490 e. The summed E-state index contributed by atoms with van der Waals surface area (Å²) in [5.74, 6) is 0.539. The van der Waals surface area contributed by atoms with Gasteiger partial charge in [0.1, 0.15) is 0 Å². The molecule has 0 aromatic heterocycles. The number of nitrogens with one attached hydrogen (secondary N) is 2. The molecule has 0 aliphatic carbocycles. The number of hydrogen-bond acceptors (Lipinski definition) is 4. The summed E-state index contributed by atoms with van der Waals surface area (Å²) in [6, 6.07) is 11.9. The van der Waals surface area contributed by atoms with Crippen LogP contribution in [0.25, 0.3) is 0 Å². The third-order valence-corrected chi connectivity index (χ3v) is 3.65. The normalized spacial score (nSPS) is 10.4. The molecule has 2 N–H and O–H groups in total. The van der Waals surface area contributed by atoms with Gasteiger partial charge in [-0.05, 0) is 58.0 Å². The Hall–Kier alpha value is -3.02. The zero-order valence-corrected chi connectivity index (χ0v) is 16.2. The number of para-hydroxylation sites is 1. The molecule has 0 spiro atoms. The Balaban J connectivity index is 2.25. The largest absolute Gasteiger partial charge is 0.490 e. The number of carbonyl (C=O) groups is 2. The quantitative estimate of drug-likeness (QED) is 0.739. The number of benzene rings is 2. The van der Waals surface area contributed by atoms with Crippen molar-refractivity contribution in [2.45, 2.75) is 33.7 Å². The molecule has 0 bridgehead atoms. The van der Waals surface area contributed by atoms with E-state index in [1.807, 2.05) is 27.7 Å². The van der Waals surface area contributed by atoms with Crippen molar-refractivity contribution >= 4 is 17.5 Å². The monoisotopic (exact) mass is 370 g/mol. The predicted molar refractivity (Wildman–Crippen MR) is 106 cm³/mol. The first kappa shape index (κ1) is 20.3. The lowest BCUT2D eigenvalue weighted by Crippen LogP contribution is -2.31. The van der Waals surface area contributed by atoms with Crippen molar-refractivity contribution in [2.75, 3.05) is 18.5 Å². The summed E-state index contributed by atoms with van der Waals surface area (Å²) >= 11 is 0. The van der Waals surface area contributed by atoms with Crippen molar-refractivity contribution in [1.29, 1.82) is 0 Å². The fourth-order valence-corrected chi connectivity index (χ4v) is 2.52. The van der Waals surface area contributed by atoms with E-state index in [0.717, 1.165) is 0 Å². The van der Waals surface area contributed by atoms with Crippen LogP contribution in [0.3, 0.4) is 0 Å². The van der Waals surface area contributed by atoms with Gasteiger partial charge in [-0.25, -0.2) is 0 Å². The molecule has 0 saturated carbocycles. The van der Waals surface area contributed by atoms with Gasteiger partial charge in [-0.15, -0.1) is 0 Å². The van der Waals surface area contributed by atoms with Crippen LogP contribution in [-0.2, 0) is 0 Å². The number of amides is 2. The minimum absolute atomic E-state index is 0.00104. The summed E-state index contributed by atoms with van der Waals surface area (Å²) < 4.78 is 11.1. The maximum absolute atomic E-state index is 12.7. The Labute approximate surface area is 159 Å². The van der Waals surface area contributed by atoms with Crippen LogP contribution in [0, 0.1) is 0 Å². The predicted octanol–water partition coefficient (Wildman–Crippen LogP) is 3.87. The molecule has 2 amide bonds. The average molecular weight is 370 g/mol. The molecule has 0 saturated heterocycles. The number of rotatable bonds is 8. The Bertz CT molecular complexity index is 803. The second kappa shape index (κ2) is 9.62. The van der Waals surface area contributed by atoms with Crippen molar-refractivity contribution in [2.24, 2.45) is 0 Å². The van der Waals surface area contributed by atoms with Gasteiger partial charge >= 0.3 is 0 Å². The molecule has 6 nitrogen and oxygen atoms in total. The highest BCUT2D eigenvalue weighted by Crippen LogP contribution is 2.29. The van der Waals surface area contributed by atoms with Gasteiger partial charge in [0.25, 0.3) is 11.8 Å². The molecule has 6 heteroatoms. The molecule has 144 valence electrons. The molecule has 0 radical (unpaired) electrons. The Morgan fingerprint density at radius 1 is 0.926 bits per heavy atom. The molecular formula is C21H26N2O4. The summed E-state index contributed by atoms with van der Waals surface area (Å²) in [5, 5.41) is 5.64. The van der Waals surface area contributed by atoms with Crippen molar-refractivity contribution in [3.63, 3.8) is 0 Å². The first-order chi connectivity index (χ1) is 13.0. The van der Waals surface area contributed by atoms with E-state index in [9.17, 15) is 9.59 Å². The lowest BCUT2D eigenvalue weighted by molar-refractivity contribution is 0.0944. The van der Waals surface area contributed by atoms with Crippen molar-refractivity contribution in [1.82, 2.24) is 5.32 Å². The van der Waals surface area contributed by atoms with Crippen LogP contribution in [0.1, 0.15) is 48.4 Å². The molecule has 0 atom stereocenters. The maximum Gasteiger partial charge on any atom is 0.255 e. The van der Waals surface area contributed by atoms with E-state index >= 15 is 0 Å². The third kappa shape index (κ3) is 5.48. The van der Waals surface area contributed by atoms with Gasteiger partial charge in [0, 0.05) is 11.6 Å². The van der Waals surface area contributed by atoms with Crippen LogP contribution in [0.4, 0.5) is 5.69 Å². The van der Waals surface area contributed by atoms with Gasteiger partial charge < -0.3 is 20.1 Å². The standard InChI is InChI=1S/C21H26N2O4/c1-5-26-18-12-11-15(13-19(18)27-6-2)20(24)23-17-10-8-7-9-16(17)21(25)22-14(3)4/h7-14H,5-6H2,1-4H3,(H,22,25)(H,23,24). The zero-order chi connectivity index (χ0) is 19.8. The Kier molecular flexibility index (Phi) is 7.23. The van der Waals surface area contributed by atoms with E-state index in [4.69, 9.17) is 9.47 Å². The first-order valence-corrected chi connectivity index (χ1v) is 9.07. The lowest BCUT2D eigenvalue weighted by atomic mass is 10.1. The van der Waals surface area contributed by atoms with Crippen molar-refractivity contribution in [3.8, 4) is 11.5 Å². The highest BCUT2D eigenvalue weighted by molar-refractivity contribution is 6.09. The van der Waals surface area contributed by atoms with Gasteiger partial charge in [0.05, 0.1) is 24.5 Å². The van der Waals surface area contributed by atoms with Gasteiger partial charge in [-0.1, -0.05) is 12.1 Å². The molecule has 0 heterocycles. The van der Waals surface area contributed by atoms with Gasteiger partial charge in [0.15, 0.2) is 11.5 Å². The molecule has 27 heavy (non-hydrogen) atoms. The number of carbonyl (C=O) groups excluding carboxylic acids is 2. The molecule has 2 aromatic rings. The molecule has 0 aliphatic rings. The Morgan fingerprint density at radius 3 is 2.26 bits per heavy atom. The lowest BCUT2D eigenvalue weighted by Gasteiger charge is -2.14. The van der Waals surface area contributed by atoms with Crippen molar-refractivity contribution in [3.05, 3.63) is 53.6 Å². The van der Waals surface area contributed by atoms with Crippen LogP contribution in [0.5, 0.6) is 11.5 Å².